The highest BCUT2D eigenvalue weighted by Gasteiger charge is 2.26. The lowest BCUT2D eigenvalue weighted by molar-refractivity contribution is 0.0762. The Balaban J connectivity index is 2.40. The van der Waals surface area contributed by atoms with Gasteiger partial charge in [0.2, 0.25) is 0 Å². The van der Waals surface area contributed by atoms with E-state index in [-0.39, 0.29) is 15.8 Å². The lowest BCUT2D eigenvalue weighted by Crippen LogP contribution is -2.32. The Morgan fingerprint density at radius 3 is 2.33 bits per heavy atom. The number of nitrogens with zero attached hydrogens (tertiary/aromatic N) is 2. The molecular weight excluding hydrogens is 384 g/mol. The van der Waals surface area contributed by atoms with Crippen molar-refractivity contribution in [1.82, 2.24) is 4.90 Å². The van der Waals surface area contributed by atoms with Gasteiger partial charge in [-0.3, -0.25) is 9.10 Å². The van der Waals surface area contributed by atoms with Crippen LogP contribution < -0.4 is 4.31 Å². The molecule has 0 unspecified atom stereocenters. The van der Waals surface area contributed by atoms with Crippen LogP contribution in [0.3, 0.4) is 0 Å². The Morgan fingerprint density at radius 2 is 1.74 bits per heavy atom. The number of hydrogen-bond donors (Lipinski definition) is 0. The molecule has 7 heteroatoms. The van der Waals surface area contributed by atoms with E-state index in [0.29, 0.717) is 24.3 Å². The van der Waals surface area contributed by atoms with Crippen LogP contribution in [0.25, 0.3) is 0 Å². The summed E-state index contributed by atoms with van der Waals surface area (Å²) in [5, 5.41) is 0.0888. The highest BCUT2D eigenvalue weighted by molar-refractivity contribution is 7.93. The number of hydrogen-bond acceptors (Lipinski definition) is 3. The van der Waals surface area contributed by atoms with Crippen LogP contribution in [0, 0.1) is 0 Å². The summed E-state index contributed by atoms with van der Waals surface area (Å²) in [5.74, 6) is -0.193. The summed E-state index contributed by atoms with van der Waals surface area (Å²) in [7, 11) is -2.43. The number of para-hydroxylation sites is 1. The zero-order valence-corrected chi connectivity index (χ0v) is 17.4. The van der Waals surface area contributed by atoms with Crippen LogP contribution >= 0.6 is 11.6 Å². The molecule has 0 saturated heterocycles. The van der Waals surface area contributed by atoms with Crippen molar-refractivity contribution in [2.24, 2.45) is 0 Å². The minimum Gasteiger partial charge on any atom is -0.339 e. The number of sulfonamides is 1. The van der Waals surface area contributed by atoms with Crippen LogP contribution in [0.2, 0.25) is 5.02 Å². The van der Waals surface area contributed by atoms with Crippen molar-refractivity contribution in [3.63, 3.8) is 0 Å². The number of unbranched alkanes of at least 4 members (excludes halogenated alkanes) is 1. The highest BCUT2D eigenvalue weighted by atomic mass is 35.5. The average molecular weight is 409 g/mol. The van der Waals surface area contributed by atoms with Crippen molar-refractivity contribution >= 4 is 33.2 Å². The maximum atomic E-state index is 13.1. The minimum absolute atomic E-state index is 0.0760. The molecule has 2 rings (SSSR count). The maximum Gasteiger partial charge on any atom is 0.265 e. The van der Waals surface area contributed by atoms with E-state index < -0.39 is 10.0 Å². The molecule has 1 amide bonds. The van der Waals surface area contributed by atoms with Crippen LogP contribution in [-0.2, 0) is 10.0 Å². The third kappa shape index (κ3) is 4.82. The summed E-state index contributed by atoms with van der Waals surface area (Å²) >= 11 is 6.18. The van der Waals surface area contributed by atoms with Crippen LogP contribution in [0.15, 0.2) is 53.4 Å². The Morgan fingerprint density at radius 1 is 1.07 bits per heavy atom. The number of benzene rings is 2. The SMILES string of the molecule is CCCCN(CC)C(=O)c1ccc(Cl)c(S(=O)(=O)N(C)c2ccccc2)c1. The van der Waals surface area contributed by atoms with Crippen LogP contribution in [-0.4, -0.2) is 39.4 Å². The van der Waals surface area contributed by atoms with Crippen molar-refractivity contribution in [2.75, 3.05) is 24.4 Å². The number of anilines is 1. The molecule has 0 aliphatic carbocycles. The normalized spacial score (nSPS) is 11.3. The smallest absolute Gasteiger partial charge is 0.265 e. The average Bonchev–Trinajstić information content (AvgIpc) is 2.68. The third-order valence-electron chi connectivity index (χ3n) is 4.39. The van der Waals surface area contributed by atoms with Gasteiger partial charge >= 0.3 is 0 Å². The molecule has 2 aromatic carbocycles. The van der Waals surface area contributed by atoms with Crippen LogP contribution in [0.5, 0.6) is 0 Å². The number of rotatable bonds is 8. The first-order chi connectivity index (χ1) is 12.8. The van der Waals surface area contributed by atoms with Crippen molar-refractivity contribution < 1.29 is 13.2 Å². The van der Waals surface area contributed by atoms with E-state index in [0.717, 1.165) is 17.1 Å². The topological polar surface area (TPSA) is 57.7 Å². The van der Waals surface area contributed by atoms with Crippen molar-refractivity contribution in [2.45, 2.75) is 31.6 Å². The molecule has 146 valence electrons. The van der Waals surface area contributed by atoms with E-state index in [1.54, 1.807) is 35.2 Å². The zero-order valence-electron chi connectivity index (χ0n) is 15.9. The second kappa shape index (κ2) is 9.24. The van der Waals surface area contributed by atoms with Crippen LogP contribution in [0.4, 0.5) is 5.69 Å². The molecule has 2 aromatic rings. The Kier molecular flexibility index (Phi) is 7.27. The fourth-order valence-electron chi connectivity index (χ4n) is 2.69. The summed E-state index contributed by atoms with van der Waals surface area (Å²) < 4.78 is 27.3. The summed E-state index contributed by atoms with van der Waals surface area (Å²) in [6.45, 7) is 5.17. The minimum atomic E-state index is -3.90. The van der Waals surface area contributed by atoms with Gasteiger partial charge in [0.25, 0.3) is 15.9 Å². The van der Waals surface area contributed by atoms with Gasteiger partial charge in [-0.1, -0.05) is 43.1 Å². The Hall–Kier alpha value is -2.05. The molecule has 0 spiro atoms. The largest absolute Gasteiger partial charge is 0.339 e. The molecule has 0 aliphatic rings. The molecule has 0 heterocycles. The molecular formula is C20H25ClN2O3S. The lowest BCUT2D eigenvalue weighted by atomic mass is 10.2. The summed E-state index contributed by atoms with van der Waals surface area (Å²) in [4.78, 5) is 14.4. The van der Waals surface area contributed by atoms with Gasteiger partial charge in [0.15, 0.2) is 0 Å². The molecule has 0 N–H and O–H groups in total. The van der Waals surface area contributed by atoms with Gasteiger partial charge in [0.05, 0.1) is 10.7 Å². The monoisotopic (exact) mass is 408 g/mol. The molecule has 0 radical (unpaired) electrons. The summed E-state index contributed by atoms with van der Waals surface area (Å²) in [6.07, 6.45) is 1.88. The molecule has 0 atom stereocenters. The molecule has 5 nitrogen and oxygen atoms in total. The zero-order chi connectivity index (χ0) is 20.0. The van der Waals surface area contributed by atoms with Gasteiger partial charge in [-0.2, -0.15) is 0 Å². The quantitative estimate of drug-likeness (QED) is 0.649. The van der Waals surface area contributed by atoms with Crippen molar-refractivity contribution in [1.29, 1.82) is 0 Å². The number of amides is 1. The summed E-state index contributed by atoms with van der Waals surface area (Å²) in [6, 6.07) is 13.1. The van der Waals surface area contributed by atoms with E-state index in [9.17, 15) is 13.2 Å². The van der Waals surface area contributed by atoms with Gasteiger partial charge < -0.3 is 4.90 Å². The maximum absolute atomic E-state index is 13.1. The van der Waals surface area contributed by atoms with Gasteiger partial charge in [0.1, 0.15) is 4.90 Å². The molecule has 0 aromatic heterocycles. The molecule has 0 aliphatic heterocycles. The van der Waals surface area contributed by atoms with Gasteiger partial charge in [0, 0.05) is 25.7 Å². The summed E-state index contributed by atoms with van der Waals surface area (Å²) in [5.41, 5.74) is 0.834. The first kappa shape index (κ1) is 21.3. The van der Waals surface area contributed by atoms with E-state index in [4.69, 9.17) is 11.6 Å². The molecule has 27 heavy (non-hydrogen) atoms. The molecule has 0 fully saturated rings. The van der Waals surface area contributed by atoms with Crippen LogP contribution in [0.1, 0.15) is 37.0 Å². The predicted octanol–water partition coefficient (Wildman–Crippen LogP) is 4.43. The first-order valence-electron chi connectivity index (χ1n) is 8.95. The van der Waals surface area contributed by atoms with Gasteiger partial charge in [-0.25, -0.2) is 8.42 Å². The van der Waals surface area contributed by atoms with Crippen molar-refractivity contribution in [3.05, 3.63) is 59.1 Å². The number of carbonyl (C=O) groups is 1. The van der Waals surface area contributed by atoms with E-state index >= 15 is 0 Å². The van der Waals surface area contributed by atoms with Gasteiger partial charge in [-0.15, -0.1) is 0 Å². The standard InChI is InChI=1S/C20H25ClN2O3S/c1-4-6-14-23(5-2)20(24)16-12-13-18(21)19(15-16)27(25,26)22(3)17-10-8-7-9-11-17/h7-13,15H,4-6,14H2,1-3H3. The predicted molar refractivity (Wildman–Crippen MR) is 110 cm³/mol. The lowest BCUT2D eigenvalue weighted by Gasteiger charge is -2.23. The van der Waals surface area contributed by atoms with E-state index in [2.05, 4.69) is 6.92 Å². The molecule has 0 bridgehead atoms. The second-order valence-electron chi connectivity index (χ2n) is 6.19. The van der Waals surface area contributed by atoms with E-state index in [1.165, 1.54) is 19.2 Å². The highest BCUT2D eigenvalue weighted by Crippen LogP contribution is 2.28. The third-order valence-corrected chi connectivity index (χ3v) is 6.65. The first-order valence-corrected chi connectivity index (χ1v) is 10.8. The Bertz CT molecular complexity index is 885. The fourth-order valence-corrected chi connectivity index (χ4v) is 4.39. The number of halogens is 1. The second-order valence-corrected chi connectivity index (χ2v) is 8.54. The molecule has 0 saturated carbocycles. The Labute approximate surface area is 166 Å². The van der Waals surface area contributed by atoms with E-state index in [1.807, 2.05) is 13.0 Å². The number of carbonyl (C=O) groups excluding carboxylic acids is 1. The van der Waals surface area contributed by atoms with Gasteiger partial charge in [-0.05, 0) is 43.7 Å². The van der Waals surface area contributed by atoms with Crippen molar-refractivity contribution in [3.8, 4) is 0 Å². The fraction of sp³-hybridized carbons (Fsp3) is 0.350.